The molecule has 0 heterocycles. The quantitative estimate of drug-likeness (QED) is 0.612. The van der Waals surface area contributed by atoms with Crippen molar-refractivity contribution in [2.45, 2.75) is 12.5 Å². The van der Waals surface area contributed by atoms with E-state index in [0.29, 0.717) is 17.1 Å². The van der Waals surface area contributed by atoms with Crippen LogP contribution in [-0.2, 0) is 4.79 Å². The zero-order valence-electron chi connectivity index (χ0n) is 10.5. The summed E-state index contributed by atoms with van der Waals surface area (Å²) in [5, 5.41) is 0. The molecule has 98 valence electrons. The smallest absolute Gasteiger partial charge is 0.180 e. The van der Waals surface area contributed by atoms with Crippen LogP contribution in [0, 0.1) is 11.8 Å². The van der Waals surface area contributed by atoms with Crippen molar-refractivity contribution in [2.75, 3.05) is 7.11 Å². The molecule has 2 aliphatic rings. The molecule has 0 radical (unpaired) electrons. The fraction of sp³-hybridized carbons (Fsp3) is 0.333. The molecule has 19 heavy (non-hydrogen) atoms. The van der Waals surface area contributed by atoms with E-state index in [2.05, 4.69) is 0 Å². The van der Waals surface area contributed by atoms with Gasteiger partial charge in [-0.25, -0.2) is 0 Å². The largest absolute Gasteiger partial charge is 0.497 e. The Morgan fingerprint density at radius 2 is 2.16 bits per heavy atom. The Bertz CT molecular complexity index is 561. The monoisotopic (exact) mass is 258 g/mol. The minimum atomic E-state index is -0.471. The minimum Gasteiger partial charge on any atom is -0.497 e. The molecule has 0 amide bonds. The van der Waals surface area contributed by atoms with E-state index < -0.39 is 6.10 Å². The van der Waals surface area contributed by atoms with Crippen molar-refractivity contribution in [3.63, 3.8) is 0 Å². The van der Waals surface area contributed by atoms with Crippen molar-refractivity contribution in [1.82, 2.24) is 0 Å². The van der Waals surface area contributed by atoms with Crippen LogP contribution in [0.25, 0.3) is 0 Å². The number of ether oxygens (including phenoxy) is 2. The summed E-state index contributed by atoms with van der Waals surface area (Å²) >= 11 is 0. The van der Waals surface area contributed by atoms with Crippen LogP contribution in [-0.4, -0.2) is 25.3 Å². The van der Waals surface area contributed by atoms with Crippen molar-refractivity contribution in [3.8, 4) is 11.5 Å². The molecular weight excluding hydrogens is 244 g/mol. The second-order valence-electron chi connectivity index (χ2n) is 4.85. The number of methoxy groups -OCH3 is 1. The van der Waals surface area contributed by atoms with Crippen molar-refractivity contribution < 1.29 is 19.1 Å². The number of hydrogen-bond acceptors (Lipinski definition) is 4. The third-order valence-corrected chi connectivity index (χ3v) is 3.75. The van der Waals surface area contributed by atoms with Crippen LogP contribution < -0.4 is 9.47 Å². The van der Waals surface area contributed by atoms with E-state index in [0.717, 1.165) is 12.7 Å². The van der Waals surface area contributed by atoms with E-state index in [9.17, 15) is 9.59 Å². The van der Waals surface area contributed by atoms with Crippen molar-refractivity contribution in [3.05, 3.63) is 35.9 Å². The molecule has 4 heteroatoms. The highest BCUT2D eigenvalue weighted by Gasteiger charge is 2.45. The summed E-state index contributed by atoms with van der Waals surface area (Å²) in [5.41, 5.74) is 0.431. The lowest BCUT2D eigenvalue weighted by Crippen LogP contribution is -2.31. The number of rotatable bonds is 4. The Hall–Kier alpha value is -2.10. The van der Waals surface area contributed by atoms with Crippen molar-refractivity contribution in [1.29, 1.82) is 0 Å². The standard InChI is InChI=1S/C15H14O4/c1-18-12-5-4-11(8-16)13(7-12)19-15-10-3-2-9(6-10)14(15)17/h2-5,7-10,15H,6H2,1H3. The number of aldehydes is 1. The lowest BCUT2D eigenvalue weighted by molar-refractivity contribution is -0.126. The van der Waals surface area contributed by atoms with E-state index in [1.54, 1.807) is 25.3 Å². The maximum absolute atomic E-state index is 12.0. The van der Waals surface area contributed by atoms with E-state index in [1.165, 1.54) is 0 Å². The number of fused-ring (bicyclic) bond motifs is 2. The molecule has 3 atom stereocenters. The summed E-state index contributed by atoms with van der Waals surface area (Å²) in [4.78, 5) is 23.1. The summed E-state index contributed by atoms with van der Waals surface area (Å²) in [7, 11) is 1.55. The fourth-order valence-electron chi connectivity index (χ4n) is 2.71. The number of ketones is 1. The highest BCUT2D eigenvalue weighted by Crippen LogP contribution is 2.39. The minimum absolute atomic E-state index is 0.0136. The van der Waals surface area contributed by atoms with Crippen LogP contribution >= 0.6 is 0 Å². The molecule has 0 saturated heterocycles. The van der Waals surface area contributed by atoms with Gasteiger partial charge in [-0.05, 0) is 18.6 Å². The normalized spacial score (nSPS) is 27.6. The van der Waals surface area contributed by atoms with Gasteiger partial charge in [-0.15, -0.1) is 0 Å². The third kappa shape index (κ3) is 1.93. The van der Waals surface area contributed by atoms with E-state index >= 15 is 0 Å². The number of carbonyl (C=O) groups excluding carboxylic acids is 2. The first-order chi connectivity index (χ1) is 9.22. The molecule has 3 unspecified atom stereocenters. The van der Waals surface area contributed by atoms with Gasteiger partial charge >= 0.3 is 0 Å². The topological polar surface area (TPSA) is 52.6 Å². The zero-order valence-corrected chi connectivity index (χ0v) is 10.5. The van der Waals surface area contributed by atoms with Gasteiger partial charge < -0.3 is 9.47 Å². The summed E-state index contributed by atoms with van der Waals surface area (Å²) in [5.74, 6) is 1.23. The van der Waals surface area contributed by atoms with E-state index in [1.807, 2.05) is 12.2 Å². The molecule has 4 nitrogen and oxygen atoms in total. The second kappa shape index (κ2) is 4.53. The zero-order chi connectivity index (χ0) is 13.4. The number of benzene rings is 1. The molecule has 2 aliphatic carbocycles. The highest BCUT2D eigenvalue weighted by molar-refractivity contribution is 5.92. The van der Waals surface area contributed by atoms with Crippen molar-refractivity contribution >= 4 is 12.1 Å². The van der Waals surface area contributed by atoms with Gasteiger partial charge in [-0.2, -0.15) is 0 Å². The molecule has 1 saturated carbocycles. The van der Waals surface area contributed by atoms with Gasteiger partial charge in [0.05, 0.1) is 12.7 Å². The molecule has 0 N–H and O–H groups in total. The van der Waals surface area contributed by atoms with Gasteiger partial charge in [-0.1, -0.05) is 12.2 Å². The van der Waals surface area contributed by atoms with E-state index in [4.69, 9.17) is 9.47 Å². The predicted molar refractivity (Wildman–Crippen MR) is 68.5 cm³/mol. The molecular formula is C15H14O4. The summed E-state index contributed by atoms with van der Waals surface area (Å²) in [6, 6.07) is 4.97. The number of Topliss-reactive ketones (excluding diaryl/α,β-unsaturated/α-hetero) is 1. The maximum Gasteiger partial charge on any atom is 0.180 e. The Morgan fingerprint density at radius 1 is 1.32 bits per heavy atom. The van der Waals surface area contributed by atoms with Crippen LogP contribution in [0.4, 0.5) is 0 Å². The predicted octanol–water partition coefficient (Wildman–Crippen LogP) is 2.03. The van der Waals surface area contributed by atoms with Crippen LogP contribution in [0.1, 0.15) is 16.8 Å². The van der Waals surface area contributed by atoms with Crippen LogP contribution in [0.5, 0.6) is 11.5 Å². The first-order valence-corrected chi connectivity index (χ1v) is 6.25. The SMILES string of the molecule is COc1ccc(C=O)c(OC2C(=O)C3C=CC2C3)c1. The molecule has 0 aliphatic heterocycles. The first-order valence-electron chi connectivity index (χ1n) is 6.25. The average Bonchev–Trinajstić information content (AvgIpc) is 3.02. The first kappa shape index (κ1) is 12.0. The Balaban J connectivity index is 1.88. The molecule has 1 fully saturated rings. The lowest BCUT2D eigenvalue weighted by atomic mass is 10.0. The van der Waals surface area contributed by atoms with Crippen LogP contribution in [0.2, 0.25) is 0 Å². The summed E-state index contributed by atoms with van der Waals surface area (Å²) in [6.45, 7) is 0. The third-order valence-electron chi connectivity index (χ3n) is 3.75. The van der Waals surface area contributed by atoms with Crippen LogP contribution in [0.15, 0.2) is 30.4 Å². The van der Waals surface area contributed by atoms with Gasteiger partial charge in [0.15, 0.2) is 18.2 Å². The fourth-order valence-corrected chi connectivity index (χ4v) is 2.71. The Kier molecular flexibility index (Phi) is 2.85. The van der Waals surface area contributed by atoms with Crippen molar-refractivity contribution in [2.24, 2.45) is 11.8 Å². The molecule has 1 aromatic rings. The van der Waals surface area contributed by atoms with Gasteiger partial charge in [0.25, 0.3) is 0 Å². The molecule has 3 rings (SSSR count). The summed E-state index contributed by atoms with van der Waals surface area (Å²) < 4.78 is 10.9. The Morgan fingerprint density at radius 3 is 2.79 bits per heavy atom. The Labute approximate surface area is 111 Å². The maximum atomic E-state index is 12.0. The van der Waals surface area contributed by atoms with Gasteiger partial charge in [0.1, 0.15) is 11.5 Å². The number of carbonyl (C=O) groups is 2. The molecule has 0 spiro atoms. The van der Waals surface area contributed by atoms with Gasteiger partial charge in [-0.3, -0.25) is 9.59 Å². The lowest BCUT2D eigenvalue weighted by Gasteiger charge is -2.20. The molecule has 1 aromatic carbocycles. The highest BCUT2D eigenvalue weighted by atomic mass is 16.5. The van der Waals surface area contributed by atoms with Gasteiger partial charge in [0.2, 0.25) is 0 Å². The molecule has 0 aromatic heterocycles. The van der Waals surface area contributed by atoms with E-state index in [-0.39, 0.29) is 17.6 Å². The molecule has 2 bridgehead atoms. The number of allylic oxidation sites excluding steroid dienone is 1. The number of hydrogen-bond donors (Lipinski definition) is 0. The van der Waals surface area contributed by atoms with Gasteiger partial charge in [0, 0.05) is 17.9 Å². The average molecular weight is 258 g/mol. The summed E-state index contributed by atoms with van der Waals surface area (Å²) in [6.07, 6.45) is 5.05. The van der Waals surface area contributed by atoms with Crippen LogP contribution in [0.3, 0.4) is 0 Å². The second-order valence-corrected chi connectivity index (χ2v) is 4.85.